The number of ether oxygens (including phenoxy) is 2. The van der Waals surface area contributed by atoms with Gasteiger partial charge in [-0.15, -0.1) is 0 Å². The normalized spacial score (nSPS) is 30.1. The molecule has 1 spiro atoms. The molecule has 0 bridgehead atoms. The molecule has 27 heavy (non-hydrogen) atoms. The number of hydrogen-bond donors (Lipinski definition) is 1. The quantitative estimate of drug-likeness (QED) is 0.857. The molecule has 1 saturated carbocycles. The second kappa shape index (κ2) is 7.25. The minimum absolute atomic E-state index is 0.0869. The van der Waals surface area contributed by atoms with Gasteiger partial charge in [-0.3, -0.25) is 0 Å². The fraction of sp³-hybridized carbons (Fsp3) is 0.478. The molecule has 4 rings (SSSR count). The van der Waals surface area contributed by atoms with E-state index in [2.05, 4.69) is 19.1 Å². The smallest absolute Gasteiger partial charge is 0.123 e. The van der Waals surface area contributed by atoms with E-state index >= 15 is 0 Å². The van der Waals surface area contributed by atoms with Gasteiger partial charge < -0.3 is 14.6 Å². The van der Waals surface area contributed by atoms with Crippen LogP contribution in [0.25, 0.3) is 0 Å². The molecule has 0 amide bonds. The minimum Gasteiger partial charge on any atom is -0.496 e. The lowest BCUT2D eigenvalue weighted by Crippen LogP contribution is -2.34. The van der Waals surface area contributed by atoms with Crippen molar-refractivity contribution in [1.82, 2.24) is 0 Å². The fourth-order valence-electron chi connectivity index (χ4n) is 5.19. The standard InChI is InChI=1S/C23H27FO3/c1-15-3-8-21(26-2)20(11-15)18-12-23(27-14-18)10-9-17(13-25)22(23)16-4-6-19(24)7-5-16/h3-8,11,17-18,22,25H,9-10,12-14H2,1-2H3/t17-,18-,22-,23-/m1/s1. The van der Waals surface area contributed by atoms with Crippen molar-refractivity contribution in [3.8, 4) is 5.75 Å². The lowest BCUT2D eigenvalue weighted by Gasteiger charge is -2.33. The first kappa shape index (κ1) is 18.5. The van der Waals surface area contributed by atoms with Crippen LogP contribution >= 0.6 is 0 Å². The van der Waals surface area contributed by atoms with Gasteiger partial charge in [-0.2, -0.15) is 0 Å². The predicted molar refractivity (Wildman–Crippen MR) is 103 cm³/mol. The van der Waals surface area contributed by atoms with E-state index in [0.29, 0.717) is 6.61 Å². The highest BCUT2D eigenvalue weighted by Gasteiger charge is 2.54. The summed E-state index contributed by atoms with van der Waals surface area (Å²) in [5, 5.41) is 9.95. The molecule has 2 fully saturated rings. The third-order valence-corrected chi connectivity index (χ3v) is 6.43. The van der Waals surface area contributed by atoms with Crippen molar-refractivity contribution >= 4 is 0 Å². The van der Waals surface area contributed by atoms with Crippen LogP contribution in [0.5, 0.6) is 5.75 Å². The Morgan fingerprint density at radius 1 is 1.22 bits per heavy atom. The van der Waals surface area contributed by atoms with Crippen LogP contribution in [-0.2, 0) is 4.74 Å². The molecule has 1 heterocycles. The van der Waals surface area contributed by atoms with E-state index in [4.69, 9.17) is 9.47 Å². The van der Waals surface area contributed by atoms with E-state index in [1.54, 1.807) is 7.11 Å². The largest absolute Gasteiger partial charge is 0.496 e. The predicted octanol–water partition coefficient (Wildman–Crippen LogP) is 4.57. The molecule has 1 aliphatic carbocycles. The number of aliphatic hydroxyl groups excluding tert-OH is 1. The number of aliphatic hydroxyl groups is 1. The lowest BCUT2D eigenvalue weighted by atomic mass is 9.76. The summed E-state index contributed by atoms with van der Waals surface area (Å²) in [4.78, 5) is 0. The van der Waals surface area contributed by atoms with Gasteiger partial charge in [0.25, 0.3) is 0 Å². The minimum atomic E-state index is -0.301. The molecule has 1 saturated heterocycles. The highest BCUT2D eigenvalue weighted by atomic mass is 19.1. The Morgan fingerprint density at radius 3 is 2.70 bits per heavy atom. The average molecular weight is 370 g/mol. The highest BCUT2D eigenvalue weighted by molar-refractivity contribution is 5.41. The SMILES string of the molecule is COc1ccc(C)cc1[C@H]1CO[C@]2(CC[C@H](CO)[C@H]2c2ccc(F)cc2)C1. The maximum absolute atomic E-state index is 13.4. The number of benzene rings is 2. The van der Waals surface area contributed by atoms with Crippen molar-refractivity contribution in [3.05, 3.63) is 65.0 Å². The van der Waals surface area contributed by atoms with Gasteiger partial charge in [-0.1, -0.05) is 29.8 Å². The van der Waals surface area contributed by atoms with Gasteiger partial charge in [0, 0.05) is 18.4 Å². The molecule has 1 aliphatic heterocycles. The van der Waals surface area contributed by atoms with E-state index in [1.165, 1.54) is 23.3 Å². The van der Waals surface area contributed by atoms with E-state index < -0.39 is 0 Å². The number of halogens is 1. The van der Waals surface area contributed by atoms with Crippen LogP contribution in [0.15, 0.2) is 42.5 Å². The molecule has 2 aromatic carbocycles. The lowest BCUT2D eigenvalue weighted by molar-refractivity contribution is -0.0122. The van der Waals surface area contributed by atoms with E-state index in [9.17, 15) is 9.50 Å². The Kier molecular flexibility index (Phi) is 4.95. The number of methoxy groups -OCH3 is 1. The van der Waals surface area contributed by atoms with Crippen molar-refractivity contribution in [1.29, 1.82) is 0 Å². The Labute approximate surface area is 160 Å². The molecule has 0 radical (unpaired) electrons. The van der Waals surface area contributed by atoms with Crippen molar-refractivity contribution in [2.75, 3.05) is 20.3 Å². The van der Waals surface area contributed by atoms with Crippen molar-refractivity contribution in [3.63, 3.8) is 0 Å². The third-order valence-electron chi connectivity index (χ3n) is 6.43. The van der Waals surface area contributed by atoms with Gasteiger partial charge in [0.15, 0.2) is 0 Å². The van der Waals surface area contributed by atoms with Gasteiger partial charge in [0.2, 0.25) is 0 Å². The Morgan fingerprint density at radius 2 is 2.00 bits per heavy atom. The van der Waals surface area contributed by atoms with Crippen LogP contribution in [0.2, 0.25) is 0 Å². The van der Waals surface area contributed by atoms with Crippen LogP contribution in [-0.4, -0.2) is 31.0 Å². The first-order valence-corrected chi connectivity index (χ1v) is 9.71. The summed E-state index contributed by atoms with van der Waals surface area (Å²) in [6.45, 7) is 2.87. The zero-order valence-electron chi connectivity index (χ0n) is 16.0. The van der Waals surface area contributed by atoms with E-state index in [1.807, 2.05) is 18.2 Å². The van der Waals surface area contributed by atoms with Crippen LogP contribution in [0.1, 0.15) is 47.8 Å². The third kappa shape index (κ3) is 3.26. The molecule has 3 nitrogen and oxygen atoms in total. The van der Waals surface area contributed by atoms with E-state index in [-0.39, 0.29) is 35.8 Å². The highest BCUT2D eigenvalue weighted by Crippen LogP contribution is 2.56. The average Bonchev–Trinajstić information content (AvgIpc) is 3.27. The number of rotatable bonds is 4. The number of aryl methyl sites for hydroxylation is 1. The number of hydrogen-bond acceptors (Lipinski definition) is 3. The zero-order valence-corrected chi connectivity index (χ0v) is 16.0. The summed E-state index contributed by atoms with van der Waals surface area (Å²) < 4.78 is 25.5. The summed E-state index contributed by atoms with van der Waals surface area (Å²) in [5.41, 5.74) is 3.16. The summed E-state index contributed by atoms with van der Waals surface area (Å²) in [7, 11) is 1.71. The molecule has 0 aromatic heterocycles. The van der Waals surface area contributed by atoms with Gasteiger partial charge >= 0.3 is 0 Å². The van der Waals surface area contributed by atoms with Crippen LogP contribution in [0.4, 0.5) is 4.39 Å². The zero-order chi connectivity index (χ0) is 19.0. The maximum atomic E-state index is 13.4. The second-order valence-corrected chi connectivity index (χ2v) is 8.03. The van der Waals surface area contributed by atoms with Crippen molar-refractivity contribution in [2.45, 2.75) is 43.6 Å². The van der Waals surface area contributed by atoms with Crippen LogP contribution in [0, 0.1) is 18.7 Å². The molecule has 1 N–H and O–H groups in total. The second-order valence-electron chi connectivity index (χ2n) is 8.03. The van der Waals surface area contributed by atoms with Crippen LogP contribution in [0.3, 0.4) is 0 Å². The van der Waals surface area contributed by atoms with Gasteiger partial charge in [-0.05, 0) is 61.4 Å². The van der Waals surface area contributed by atoms with Crippen LogP contribution < -0.4 is 4.74 Å². The van der Waals surface area contributed by atoms with Crippen molar-refractivity contribution in [2.24, 2.45) is 5.92 Å². The Balaban J connectivity index is 1.67. The summed E-state index contributed by atoms with van der Waals surface area (Å²) in [6.07, 6.45) is 2.74. The molecule has 4 atom stereocenters. The topological polar surface area (TPSA) is 38.7 Å². The molecule has 4 heteroatoms. The Hall–Kier alpha value is -1.91. The Bertz CT molecular complexity index is 804. The molecule has 2 aromatic rings. The molecule has 2 aliphatic rings. The molecular formula is C23H27FO3. The van der Waals surface area contributed by atoms with E-state index in [0.717, 1.165) is 30.6 Å². The molecular weight excluding hydrogens is 343 g/mol. The van der Waals surface area contributed by atoms with Crippen molar-refractivity contribution < 1.29 is 19.0 Å². The molecule has 144 valence electrons. The maximum Gasteiger partial charge on any atom is 0.123 e. The summed E-state index contributed by atoms with van der Waals surface area (Å²) in [6, 6.07) is 13.0. The van der Waals surface area contributed by atoms with Gasteiger partial charge in [0.05, 0.1) is 19.3 Å². The summed E-state index contributed by atoms with van der Waals surface area (Å²) >= 11 is 0. The van der Waals surface area contributed by atoms with Gasteiger partial charge in [-0.25, -0.2) is 4.39 Å². The first-order chi connectivity index (χ1) is 13.1. The monoisotopic (exact) mass is 370 g/mol. The molecule has 0 unspecified atom stereocenters. The summed E-state index contributed by atoms with van der Waals surface area (Å²) in [5.74, 6) is 1.17. The fourth-order valence-corrected chi connectivity index (χ4v) is 5.19. The first-order valence-electron chi connectivity index (χ1n) is 9.71. The van der Waals surface area contributed by atoms with Gasteiger partial charge in [0.1, 0.15) is 11.6 Å².